The second-order valence-corrected chi connectivity index (χ2v) is 9.24. The summed E-state index contributed by atoms with van der Waals surface area (Å²) in [5, 5.41) is 9.09. The van der Waals surface area contributed by atoms with Crippen molar-refractivity contribution in [3.63, 3.8) is 0 Å². The van der Waals surface area contributed by atoms with Gasteiger partial charge < -0.3 is 19.6 Å². The Kier molecular flexibility index (Phi) is 8.69. The van der Waals surface area contributed by atoms with Crippen LogP contribution < -0.4 is 4.90 Å². The highest BCUT2D eigenvalue weighted by Gasteiger charge is 2.28. The van der Waals surface area contributed by atoms with Gasteiger partial charge >= 0.3 is 6.03 Å². The van der Waals surface area contributed by atoms with Crippen molar-refractivity contribution in [2.45, 2.75) is 13.5 Å². The minimum atomic E-state index is -0.530. The van der Waals surface area contributed by atoms with Crippen LogP contribution in [0.15, 0.2) is 48.5 Å². The Morgan fingerprint density at radius 2 is 1.50 bits per heavy atom. The first-order valence-corrected chi connectivity index (χ1v) is 12.4. The summed E-state index contributed by atoms with van der Waals surface area (Å²) < 4.78 is 5.33. The van der Waals surface area contributed by atoms with Gasteiger partial charge in [-0.05, 0) is 24.6 Å². The van der Waals surface area contributed by atoms with E-state index in [0.29, 0.717) is 71.1 Å². The summed E-state index contributed by atoms with van der Waals surface area (Å²) in [6.45, 7) is 7.00. The molecular weight excluding hydrogens is 460 g/mol. The highest BCUT2D eigenvalue weighted by Crippen LogP contribution is 2.21. The summed E-state index contributed by atoms with van der Waals surface area (Å²) in [5.41, 5.74) is 3.23. The van der Waals surface area contributed by atoms with Crippen LogP contribution >= 0.6 is 0 Å². The van der Waals surface area contributed by atoms with Crippen molar-refractivity contribution in [1.29, 1.82) is 0 Å². The lowest BCUT2D eigenvalue weighted by Crippen LogP contribution is -2.55. The summed E-state index contributed by atoms with van der Waals surface area (Å²) in [5.74, 6) is -0.222. The molecule has 0 aromatic heterocycles. The molecule has 0 spiro atoms. The average Bonchev–Trinajstić information content (AvgIpc) is 2.92. The number of anilines is 1. The highest BCUT2D eigenvalue weighted by molar-refractivity contribution is 5.97. The summed E-state index contributed by atoms with van der Waals surface area (Å²) >= 11 is 0. The van der Waals surface area contributed by atoms with Crippen LogP contribution in [0.4, 0.5) is 10.5 Å². The molecule has 2 fully saturated rings. The van der Waals surface area contributed by atoms with E-state index in [-0.39, 0.29) is 17.7 Å². The van der Waals surface area contributed by atoms with Crippen LogP contribution in [0.1, 0.15) is 21.5 Å². The average molecular weight is 495 g/mol. The van der Waals surface area contributed by atoms with Crippen LogP contribution in [0, 0.1) is 6.92 Å². The first-order chi connectivity index (χ1) is 17.4. The zero-order valence-corrected chi connectivity index (χ0v) is 20.8. The number of carbonyl (C=O) groups is 3. The number of benzene rings is 2. The van der Waals surface area contributed by atoms with Gasteiger partial charge in [0.1, 0.15) is 6.61 Å². The lowest BCUT2D eigenvalue weighted by atomic mass is 10.1. The number of nitrogens with zero attached hydrogens (tertiary/aromatic N) is 4. The van der Waals surface area contributed by atoms with Crippen LogP contribution in [-0.2, 0) is 16.1 Å². The number of Topliss-reactive ketones (excluding diaryl/α,β-unsaturated/α-hetero) is 1. The van der Waals surface area contributed by atoms with E-state index < -0.39 is 6.61 Å². The van der Waals surface area contributed by atoms with E-state index in [1.165, 1.54) is 0 Å². The Morgan fingerprint density at radius 3 is 2.11 bits per heavy atom. The maximum atomic E-state index is 13.6. The van der Waals surface area contributed by atoms with Gasteiger partial charge in [-0.2, -0.15) is 0 Å². The zero-order valence-electron chi connectivity index (χ0n) is 20.8. The number of ketones is 1. The number of piperazine rings is 1. The summed E-state index contributed by atoms with van der Waals surface area (Å²) in [6, 6.07) is 14.7. The van der Waals surface area contributed by atoms with E-state index in [1.807, 2.05) is 53.1 Å². The van der Waals surface area contributed by atoms with Gasteiger partial charge in [0.15, 0.2) is 5.78 Å². The largest absolute Gasteiger partial charge is 0.388 e. The predicted molar refractivity (Wildman–Crippen MR) is 136 cm³/mol. The second kappa shape index (κ2) is 12.1. The van der Waals surface area contributed by atoms with Crippen LogP contribution in [0.5, 0.6) is 0 Å². The van der Waals surface area contributed by atoms with E-state index in [9.17, 15) is 14.4 Å². The molecule has 2 aliphatic rings. The molecule has 0 atom stereocenters. The fraction of sp³-hybridized carbons (Fsp3) is 0.444. The van der Waals surface area contributed by atoms with Crippen molar-refractivity contribution in [1.82, 2.24) is 14.7 Å². The number of rotatable bonds is 7. The van der Waals surface area contributed by atoms with Crippen molar-refractivity contribution in [3.05, 3.63) is 65.2 Å². The van der Waals surface area contributed by atoms with Crippen LogP contribution in [0.3, 0.4) is 0 Å². The number of hydrogen-bond acceptors (Lipinski definition) is 6. The molecule has 0 saturated carbocycles. The number of urea groups is 1. The molecule has 4 rings (SSSR count). The van der Waals surface area contributed by atoms with E-state index in [0.717, 1.165) is 16.8 Å². The molecule has 1 N–H and O–H groups in total. The maximum Gasteiger partial charge on any atom is 0.324 e. The summed E-state index contributed by atoms with van der Waals surface area (Å²) in [7, 11) is 0. The number of ether oxygens (including phenoxy) is 1. The predicted octanol–water partition coefficient (Wildman–Crippen LogP) is 1.77. The molecule has 2 aliphatic heterocycles. The van der Waals surface area contributed by atoms with Crippen molar-refractivity contribution < 1.29 is 24.2 Å². The fourth-order valence-electron chi connectivity index (χ4n) is 4.44. The minimum Gasteiger partial charge on any atom is -0.388 e. The van der Waals surface area contributed by atoms with Gasteiger partial charge in [-0.3, -0.25) is 19.4 Å². The van der Waals surface area contributed by atoms with E-state index in [1.54, 1.807) is 17.0 Å². The molecular formula is C27H34N4O5. The van der Waals surface area contributed by atoms with Crippen LogP contribution in [-0.4, -0.2) is 103 Å². The molecule has 192 valence electrons. The van der Waals surface area contributed by atoms with Crippen LogP contribution in [0.2, 0.25) is 0 Å². The van der Waals surface area contributed by atoms with Crippen molar-refractivity contribution >= 4 is 23.4 Å². The fourth-order valence-corrected chi connectivity index (χ4v) is 4.44. The molecule has 0 unspecified atom stereocenters. The molecule has 0 bridgehead atoms. The Labute approximate surface area is 211 Å². The van der Waals surface area contributed by atoms with Gasteiger partial charge in [0.2, 0.25) is 5.91 Å². The lowest BCUT2D eigenvalue weighted by Gasteiger charge is -2.38. The van der Waals surface area contributed by atoms with Crippen molar-refractivity contribution in [2.75, 3.05) is 70.5 Å². The van der Waals surface area contributed by atoms with Gasteiger partial charge in [0.25, 0.3) is 0 Å². The molecule has 3 amide bonds. The molecule has 36 heavy (non-hydrogen) atoms. The second-order valence-electron chi connectivity index (χ2n) is 9.24. The number of aryl methyl sites for hydroxylation is 1. The lowest BCUT2D eigenvalue weighted by molar-refractivity contribution is -0.136. The third-order valence-corrected chi connectivity index (χ3v) is 6.70. The number of morpholine rings is 1. The normalized spacial score (nSPS) is 16.6. The summed E-state index contributed by atoms with van der Waals surface area (Å²) in [4.78, 5) is 45.5. The smallest absolute Gasteiger partial charge is 0.324 e. The number of aliphatic hydroxyl groups excluding tert-OH is 1. The van der Waals surface area contributed by atoms with E-state index >= 15 is 0 Å². The number of aliphatic hydroxyl groups is 1. The van der Waals surface area contributed by atoms with E-state index in [4.69, 9.17) is 9.84 Å². The number of hydrogen-bond donors (Lipinski definition) is 1. The Morgan fingerprint density at radius 1 is 0.861 bits per heavy atom. The SMILES string of the molecule is Cc1ccc(N(Cc2ccc(C(=O)CO)cc2)C(=O)N2CCN(CC(=O)N3CCOCC3)CC2)cc1. The molecule has 2 saturated heterocycles. The van der Waals surface area contributed by atoms with Crippen molar-refractivity contribution in [3.8, 4) is 0 Å². The minimum absolute atomic E-state index is 0.0893. The number of carbonyl (C=O) groups excluding carboxylic acids is 3. The standard InChI is InChI=1S/C27H34N4O5/c1-21-2-8-24(9-3-21)31(18-22-4-6-23(7-5-22)25(33)20-32)27(35)30-12-10-28(11-13-30)19-26(34)29-14-16-36-17-15-29/h2-9,32H,10-20H2,1H3. The van der Waals surface area contributed by atoms with Gasteiger partial charge in [0, 0.05) is 50.5 Å². The van der Waals surface area contributed by atoms with E-state index in [2.05, 4.69) is 4.90 Å². The Balaban J connectivity index is 1.41. The maximum absolute atomic E-state index is 13.6. The van der Waals surface area contributed by atoms with Gasteiger partial charge in [0.05, 0.1) is 26.3 Å². The highest BCUT2D eigenvalue weighted by atomic mass is 16.5. The molecule has 2 aromatic rings. The molecule has 9 nitrogen and oxygen atoms in total. The third-order valence-electron chi connectivity index (χ3n) is 6.70. The molecule has 2 aromatic carbocycles. The zero-order chi connectivity index (χ0) is 25.5. The molecule has 2 heterocycles. The first-order valence-electron chi connectivity index (χ1n) is 12.4. The topological polar surface area (TPSA) is 93.6 Å². The van der Waals surface area contributed by atoms with Crippen LogP contribution in [0.25, 0.3) is 0 Å². The first kappa shape index (κ1) is 25.8. The molecule has 0 aliphatic carbocycles. The summed E-state index contributed by atoms with van der Waals surface area (Å²) in [6.07, 6.45) is 0. The number of amides is 3. The van der Waals surface area contributed by atoms with Gasteiger partial charge in [-0.15, -0.1) is 0 Å². The third kappa shape index (κ3) is 6.48. The van der Waals surface area contributed by atoms with Gasteiger partial charge in [-0.25, -0.2) is 4.79 Å². The molecule has 0 radical (unpaired) electrons. The van der Waals surface area contributed by atoms with Gasteiger partial charge in [-0.1, -0.05) is 42.0 Å². The molecule has 9 heteroatoms. The quantitative estimate of drug-likeness (QED) is 0.590. The Bertz CT molecular complexity index is 1040. The Hall–Kier alpha value is -3.27. The monoisotopic (exact) mass is 494 g/mol. The van der Waals surface area contributed by atoms with Crippen molar-refractivity contribution in [2.24, 2.45) is 0 Å².